The number of carboxylic acid groups (broad SMARTS) is 1. The van der Waals surface area contributed by atoms with Gasteiger partial charge in [-0.3, -0.25) is 4.57 Å². The molecule has 0 bridgehead atoms. The number of aromatic nitrogens is 3. The predicted molar refractivity (Wildman–Crippen MR) is 76.6 cm³/mol. The molecule has 1 N–H and O–H groups in total. The molecule has 1 aliphatic rings. The third kappa shape index (κ3) is 2.93. The van der Waals surface area contributed by atoms with Gasteiger partial charge in [-0.15, -0.1) is 0 Å². The lowest BCUT2D eigenvalue weighted by molar-refractivity contribution is -0.141. The zero-order valence-electron chi connectivity index (χ0n) is 12.5. The summed E-state index contributed by atoms with van der Waals surface area (Å²) in [5.74, 6) is -0.762. The summed E-state index contributed by atoms with van der Waals surface area (Å²) in [6.45, 7) is -0.144. The lowest BCUT2D eigenvalue weighted by Crippen LogP contribution is -2.34. The summed E-state index contributed by atoms with van der Waals surface area (Å²) in [6.07, 6.45) is -3.08. The van der Waals surface area contributed by atoms with Gasteiger partial charge in [0.1, 0.15) is 11.9 Å². The van der Waals surface area contributed by atoms with Crippen LogP contribution >= 0.6 is 0 Å². The van der Waals surface area contributed by atoms with E-state index in [1.54, 1.807) is 0 Å². The second kappa shape index (κ2) is 5.81. The Kier molecular flexibility index (Phi) is 3.94. The highest BCUT2D eigenvalue weighted by atomic mass is 19.4. The maximum Gasteiger partial charge on any atom is 0.416 e. The minimum absolute atomic E-state index is 0.144. The van der Waals surface area contributed by atoms with E-state index in [1.165, 1.54) is 12.1 Å². The Balaban J connectivity index is 1.95. The fourth-order valence-electron chi connectivity index (χ4n) is 2.89. The molecule has 128 valence electrons. The average molecular weight is 341 g/mol. The smallest absolute Gasteiger partial charge is 0.416 e. The van der Waals surface area contributed by atoms with Gasteiger partial charge in [0.25, 0.3) is 0 Å². The van der Waals surface area contributed by atoms with Crippen molar-refractivity contribution in [1.82, 2.24) is 14.3 Å². The monoisotopic (exact) mass is 341 g/mol. The Morgan fingerprint density at radius 1 is 1.38 bits per heavy atom. The number of fused-ring (bicyclic) bond motifs is 1. The number of alkyl halides is 3. The largest absolute Gasteiger partial charge is 0.480 e. The summed E-state index contributed by atoms with van der Waals surface area (Å²) >= 11 is 0. The number of benzene rings is 1. The molecule has 9 heteroatoms. The standard InChI is InChI=1S/C15H14F3N3O3/c16-15(17,18)10-4-1-3-9(7-10)8-20-14(24)21-11(13(22)23)5-2-6-12(21)19-20/h1,3-4,7,11H,2,5-6,8H2,(H,22,23)/t11-/m0/s1. The zero-order valence-corrected chi connectivity index (χ0v) is 12.5. The van der Waals surface area contributed by atoms with Gasteiger partial charge in [0.05, 0.1) is 12.1 Å². The van der Waals surface area contributed by atoms with Crippen molar-refractivity contribution in [2.24, 2.45) is 0 Å². The van der Waals surface area contributed by atoms with Crippen LogP contribution in [0.15, 0.2) is 29.1 Å². The Hall–Kier alpha value is -2.58. The zero-order chi connectivity index (χ0) is 17.5. The molecule has 2 aromatic rings. The first-order valence-electron chi connectivity index (χ1n) is 7.34. The van der Waals surface area contributed by atoms with Crippen LogP contribution in [0, 0.1) is 0 Å². The van der Waals surface area contributed by atoms with Gasteiger partial charge >= 0.3 is 17.8 Å². The number of nitrogens with zero attached hydrogens (tertiary/aromatic N) is 3. The molecule has 1 aliphatic heterocycles. The quantitative estimate of drug-likeness (QED) is 0.927. The second-order valence-corrected chi connectivity index (χ2v) is 5.67. The molecule has 1 atom stereocenters. The maximum absolute atomic E-state index is 12.8. The molecule has 0 amide bonds. The molecular weight excluding hydrogens is 327 g/mol. The highest BCUT2D eigenvalue weighted by Gasteiger charge is 2.31. The van der Waals surface area contributed by atoms with Crippen LogP contribution in [0.1, 0.15) is 35.8 Å². The summed E-state index contributed by atoms with van der Waals surface area (Å²) in [6, 6.07) is 3.66. The maximum atomic E-state index is 12.8. The van der Waals surface area contributed by atoms with Crippen molar-refractivity contribution in [2.75, 3.05) is 0 Å². The summed E-state index contributed by atoms with van der Waals surface area (Å²) < 4.78 is 40.4. The summed E-state index contributed by atoms with van der Waals surface area (Å²) in [5.41, 5.74) is -1.15. The SMILES string of the molecule is O=C(O)[C@@H]1CCCc2nn(Cc3cccc(C(F)(F)F)c3)c(=O)n21. The molecule has 1 aromatic heterocycles. The van der Waals surface area contributed by atoms with E-state index in [9.17, 15) is 27.9 Å². The van der Waals surface area contributed by atoms with Gasteiger partial charge in [-0.1, -0.05) is 12.1 Å². The van der Waals surface area contributed by atoms with Crippen LogP contribution in [-0.2, 0) is 23.9 Å². The molecule has 0 radical (unpaired) electrons. The van der Waals surface area contributed by atoms with Crippen LogP contribution in [0.25, 0.3) is 0 Å². The van der Waals surface area contributed by atoms with E-state index in [4.69, 9.17) is 0 Å². The summed E-state index contributed by atoms with van der Waals surface area (Å²) in [7, 11) is 0. The van der Waals surface area contributed by atoms with E-state index >= 15 is 0 Å². The molecule has 0 aliphatic carbocycles. The van der Waals surface area contributed by atoms with Crippen molar-refractivity contribution in [1.29, 1.82) is 0 Å². The fourth-order valence-corrected chi connectivity index (χ4v) is 2.89. The molecule has 6 nitrogen and oxygen atoms in total. The topological polar surface area (TPSA) is 77.1 Å². The fraction of sp³-hybridized carbons (Fsp3) is 0.400. The van der Waals surface area contributed by atoms with E-state index in [2.05, 4.69) is 5.10 Å². The number of aryl methyl sites for hydroxylation is 1. The van der Waals surface area contributed by atoms with E-state index in [-0.39, 0.29) is 12.1 Å². The first-order chi connectivity index (χ1) is 11.3. The van der Waals surface area contributed by atoms with Crippen molar-refractivity contribution < 1.29 is 23.1 Å². The Morgan fingerprint density at radius 3 is 2.79 bits per heavy atom. The van der Waals surface area contributed by atoms with Crippen LogP contribution in [0.4, 0.5) is 13.2 Å². The molecule has 0 saturated heterocycles. The van der Waals surface area contributed by atoms with Crippen LogP contribution < -0.4 is 5.69 Å². The second-order valence-electron chi connectivity index (χ2n) is 5.67. The predicted octanol–water partition coefficient (Wildman–Crippen LogP) is 2.07. The Labute approximate surface area is 134 Å². The summed E-state index contributed by atoms with van der Waals surface area (Å²) in [5, 5.41) is 13.3. The number of hydrogen-bond acceptors (Lipinski definition) is 3. The van der Waals surface area contributed by atoms with E-state index in [1.807, 2.05) is 0 Å². The van der Waals surface area contributed by atoms with Gasteiger partial charge in [0, 0.05) is 6.42 Å². The molecule has 3 rings (SSSR count). The minimum Gasteiger partial charge on any atom is -0.480 e. The first kappa shape index (κ1) is 16.3. The van der Waals surface area contributed by atoms with Crippen LogP contribution in [-0.4, -0.2) is 25.4 Å². The van der Waals surface area contributed by atoms with E-state index < -0.39 is 29.4 Å². The minimum atomic E-state index is -4.47. The van der Waals surface area contributed by atoms with Crippen molar-refractivity contribution >= 4 is 5.97 Å². The van der Waals surface area contributed by atoms with Gasteiger partial charge in [-0.25, -0.2) is 14.3 Å². The average Bonchev–Trinajstić information content (AvgIpc) is 2.83. The molecule has 2 heterocycles. The molecular formula is C15H14F3N3O3. The Bertz CT molecular complexity index is 838. The summed E-state index contributed by atoms with van der Waals surface area (Å²) in [4.78, 5) is 23.7. The van der Waals surface area contributed by atoms with E-state index in [0.29, 0.717) is 25.1 Å². The number of aliphatic carboxylic acids is 1. The van der Waals surface area contributed by atoms with Crippen LogP contribution in [0.2, 0.25) is 0 Å². The molecule has 0 saturated carbocycles. The number of carboxylic acids is 1. The van der Waals surface area contributed by atoms with Crippen molar-refractivity contribution in [3.63, 3.8) is 0 Å². The lowest BCUT2D eigenvalue weighted by Gasteiger charge is -2.19. The van der Waals surface area contributed by atoms with Crippen molar-refractivity contribution in [2.45, 2.75) is 38.0 Å². The molecule has 24 heavy (non-hydrogen) atoms. The van der Waals surface area contributed by atoms with Gasteiger partial charge in [-0.2, -0.15) is 18.3 Å². The third-order valence-corrected chi connectivity index (χ3v) is 4.00. The van der Waals surface area contributed by atoms with Crippen molar-refractivity contribution in [3.05, 3.63) is 51.7 Å². The van der Waals surface area contributed by atoms with Crippen molar-refractivity contribution in [3.8, 4) is 0 Å². The van der Waals surface area contributed by atoms with Gasteiger partial charge < -0.3 is 5.11 Å². The normalized spacial score (nSPS) is 17.5. The highest BCUT2D eigenvalue weighted by molar-refractivity contribution is 5.72. The highest BCUT2D eigenvalue weighted by Crippen LogP contribution is 2.29. The lowest BCUT2D eigenvalue weighted by atomic mass is 10.1. The van der Waals surface area contributed by atoms with Gasteiger partial charge in [-0.05, 0) is 30.5 Å². The molecule has 1 aromatic carbocycles. The van der Waals surface area contributed by atoms with E-state index in [0.717, 1.165) is 21.4 Å². The molecule has 0 unspecified atom stereocenters. The number of rotatable bonds is 3. The van der Waals surface area contributed by atoms with Crippen LogP contribution in [0.3, 0.4) is 0 Å². The third-order valence-electron chi connectivity index (χ3n) is 4.00. The molecule has 0 fully saturated rings. The number of halogens is 3. The number of carbonyl (C=O) groups is 1. The van der Waals surface area contributed by atoms with Crippen LogP contribution in [0.5, 0.6) is 0 Å². The Morgan fingerprint density at radius 2 is 2.12 bits per heavy atom. The van der Waals surface area contributed by atoms with Gasteiger partial charge in [0.2, 0.25) is 0 Å². The first-order valence-corrected chi connectivity index (χ1v) is 7.34. The number of hydrogen-bond donors (Lipinski definition) is 1. The van der Waals surface area contributed by atoms with Gasteiger partial charge in [0.15, 0.2) is 0 Å². The molecule has 0 spiro atoms.